The van der Waals surface area contributed by atoms with Crippen molar-refractivity contribution in [2.75, 3.05) is 12.0 Å². The van der Waals surface area contributed by atoms with Crippen LogP contribution in [0.4, 0.5) is 0 Å². The Morgan fingerprint density at radius 2 is 2.00 bits per heavy atom. The molecule has 0 saturated heterocycles. The molecule has 4 N–H and O–H groups in total. The van der Waals surface area contributed by atoms with E-state index >= 15 is 0 Å². The van der Waals surface area contributed by atoms with Crippen LogP contribution in [0.2, 0.25) is 0 Å². The molecule has 0 aliphatic heterocycles. The molecule has 1 fully saturated rings. The minimum absolute atomic E-state index is 0.0678. The molecular weight excluding hydrogens is 252 g/mol. The van der Waals surface area contributed by atoms with E-state index in [1.807, 2.05) is 0 Å². The summed E-state index contributed by atoms with van der Waals surface area (Å²) in [7, 11) is -3.00. The summed E-state index contributed by atoms with van der Waals surface area (Å²) in [6.45, 7) is 1.80. The third kappa shape index (κ3) is 6.20. The maximum Gasteiger partial charge on any atom is 0.206 e. The monoisotopic (exact) mass is 276 g/mol. The van der Waals surface area contributed by atoms with Crippen LogP contribution in [0.1, 0.15) is 39.0 Å². The molecule has 0 amide bonds. The molecule has 0 radical (unpaired) electrons. The van der Waals surface area contributed by atoms with E-state index < -0.39 is 9.84 Å². The molecule has 0 aromatic carbocycles. The minimum Gasteiger partial charge on any atom is -0.352 e. The van der Waals surface area contributed by atoms with Gasteiger partial charge in [-0.1, -0.05) is 19.3 Å². The molecule has 0 bridgehead atoms. The maximum atomic E-state index is 11.2. The van der Waals surface area contributed by atoms with Crippen LogP contribution in [-0.2, 0) is 9.84 Å². The summed E-state index contributed by atoms with van der Waals surface area (Å²) in [6.07, 6.45) is 7.05. The quantitative estimate of drug-likeness (QED) is 0.294. The number of hydrogen-bond acceptors (Lipinski definition) is 4. The number of guanidine groups is 1. The number of nitrogens with two attached hydrogens (primary N) is 1. The largest absolute Gasteiger partial charge is 0.352 e. The fraction of sp³-hybridized carbons (Fsp3) is 0.909. The Bertz CT molecular complexity index is 375. The van der Waals surface area contributed by atoms with Gasteiger partial charge in [-0.2, -0.15) is 0 Å². The second-order valence-electron chi connectivity index (χ2n) is 5.05. The number of hydrogen-bond donors (Lipinski definition) is 3. The topological polar surface area (TPSA) is 96.6 Å². The number of hydrazine groups is 1. The highest BCUT2D eigenvalue weighted by Gasteiger charge is 2.15. The first-order valence-corrected chi connectivity index (χ1v) is 8.45. The van der Waals surface area contributed by atoms with Gasteiger partial charge in [-0.15, -0.1) is 0 Å². The molecule has 1 atom stereocenters. The zero-order valence-electron chi connectivity index (χ0n) is 11.1. The Hall–Kier alpha value is -0.820. The lowest BCUT2D eigenvalue weighted by molar-refractivity contribution is 0.440. The van der Waals surface area contributed by atoms with Gasteiger partial charge in [-0.25, -0.2) is 19.3 Å². The van der Waals surface area contributed by atoms with Gasteiger partial charge in [0.05, 0.1) is 11.8 Å². The molecule has 106 valence electrons. The van der Waals surface area contributed by atoms with E-state index in [1.54, 1.807) is 6.92 Å². The number of sulfone groups is 1. The van der Waals surface area contributed by atoms with E-state index in [4.69, 9.17) is 5.84 Å². The highest BCUT2D eigenvalue weighted by atomic mass is 32.2. The smallest absolute Gasteiger partial charge is 0.206 e. The SMILES string of the molecule is CC(CS(C)(=O)=O)NC(=NC1CCCCC1)NN. The fourth-order valence-electron chi connectivity index (χ4n) is 2.24. The van der Waals surface area contributed by atoms with Crippen LogP contribution in [0.3, 0.4) is 0 Å². The summed E-state index contributed by atoms with van der Waals surface area (Å²) in [5.41, 5.74) is 2.51. The Kier molecular flexibility index (Phi) is 5.87. The normalized spacial score (nSPS) is 20.5. The van der Waals surface area contributed by atoms with Crippen molar-refractivity contribution in [2.45, 2.75) is 51.1 Å². The lowest BCUT2D eigenvalue weighted by atomic mass is 9.96. The molecule has 0 aromatic rings. The summed E-state index contributed by atoms with van der Waals surface area (Å²) in [5, 5.41) is 3.01. The van der Waals surface area contributed by atoms with E-state index in [0.29, 0.717) is 12.0 Å². The van der Waals surface area contributed by atoms with E-state index in [0.717, 1.165) is 12.8 Å². The molecule has 18 heavy (non-hydrogen) atoms. The number of aliphatic imine (C=N–C) groups is 1. The van der Waals surface area contributed by atoms with Crippen LogP contribution in [0.5, 0.6) is 0 Å². The Morgan fingerprint density at radius 1 is 1.39 bits per heavy atom. The lowest BCUT2D eigenvalue weighted by Crippen LogP contribution is -2.48. The molecular formula is C11H24N4O2S. The van der Waals surface area contributed by atoms with Crippen molar-refractivity contribution in [3.63, 3.8) is 0 Å². The Balaban J connectivity index is 2.52. The first-order valence-electron chi connectivity index (χ1n) is 6.39. The standard InChI is InChI=1S/C11H24N4O2S/c1-9(8-18(2,16)17)13-11(15-12)14-10-6-4-3-5-7-10/h9-10H,3-8,12H2,1-2H3,(H2,13,14,15). The highest BCUT2D eigenvalue weighted by Crippen LogP contribution is 2.19. The second-order valence-corrected chi connectivity index (χ2v) is 7.24. The van der Waals surface area contributed by atoms with Crippen molar-refractivity contribution in [1.82, 2.24) is 10.7 Å². The van der Waals surface area contributed by atoms with Crippen molar-refractivity contribution < 1.29 is 8.42 Å². The minimum atomic E-state index is -3.00. The van der Waals surface area contributed by atoms with Crippen LogP contribution in [-0.4, -0.2) is 38.5 Å². The molecule has 1 aliphatic rings. The zero-order chi connectivity index (χ0) is 13.6. The van der Waals surface area contributed by atoms with Gasteiger partial charge in [0.15, 0.2) is 0 Å². The van der Waals surface area contributed by atoms with Crippen LogP contribution in [0.25, 0.3) is 0 Å². The molecule has 1 rings (SSSR count). The van der Waals surface area contributed by atoms with Crippen molar-refractivity contribution in [2.24, 2.45) is 10.8 Å². The summed E-state index contributed by atoms with van der Waals surface area (Å²) >= 11 is 0. The summed E-state index contributed by atoms with van der Waals surface area (Å²) in [6, 6.07) is 0.0844. The van der Waals surface area contributed by atoms with Crippen LogP contribution >= 0.6 is 0 Å². The van der Waals surface area contributed by atoms with E-state index in [1.165, 1.54) is 25.5 Å². The molecule has 1 saturated carbocycles. The van der Waals surface area contributed by atoms with Gasteiger partial charge in [0, 0.05) is 12.3 Å². The van der Waals surface area contributed by atoms with Gasteiger partial charge in [0.25, 0.3) is 0 Å². The Labute approximate surface area is 109 Å². The van der Waals surface area contributed by atoms with E-state index in [-0.39, 0.29) is 11.8 Å². The van der Waals surface area contributed by atoms with Gasteiger partial charge in [0.1, 0.15) is 9.84 Å². The van der Waals surface area contributed by atoms with Crippen molar-refractivity contribution >= 4 is 15.8 Å². The first kappa shape index (κ1) is 15.2. The molecule has 0 heterocycles. The van der Waals surface area contributed by atoms with Gasteiger partial charge in [-0.05, 0) is 19.8 Å². The van der Waals surface area contributed by atoms with Crippen LogP contribution in [0, 0.1) is 0 Å². The van der Waals surface area contributed by atoms with Gasteiger partial charge in [-0.3, -0.25) is 5.43 Å². The maximum absolute atomic E-state index is 11.2. The average Bonchev–Trinajstić information content (AvgIpc) is 2.27. The zero-order valence-corrected chi connectivity index (χ0v) is 12.0. The van der Waals surface area contributed by atoms with Crippen LogP contribution < -0.4 is 16.6 Å². The van der Waals surface area contributed by atoms with Gasteiger partial charge < -0.3 is 5.32 Å². The van der Waals surface area contributed by atoms with Gasteiger partial charge >= 0.3 is 0 Å². The van der Waals surface area contributed by atoms with Crippen molar-refractivity contribution in [1.29, 1.82) is 0 Å². The van der Waals surface area contributed by atoms with Crippen molar-refractivity contribution in [3.8, 4) is 0 Å². The molecule has 0 aromatic heterocycles. The summed E-state index contributed by atoms with van der Waals surface area (Å²) in [4.78, 5) is 4.50. The third-order valence-electron chi connectivity index (χ3n) is 2.96. The molecule has 1 aliphatic carbocycles. The predicted molar refractivity (Wildman–Crippen MR) is 73.9 cm³/mol. The highest BCUT2D eigenvalue weighted by molar-refractivity contribution is 7.90. The van der Waals surface area contributed by atoms with E-state index in [2.05, 4.69) is 15.7 Å². The molecule has 0 spiro atoms. The number of nitrogens with zero attached hydrogens (tertiary/aromatic N) is 1. The Morgan fingerprint density at radius 3 is 2.50 bits per heavy atom. The summed E-state index contributed by atoms with van der Waals surface area (Å²) in [5.74, 6) is 5.96. The first-order chi connectivity index (χ1) is 8.40. The van der Waals surface area contributed by atoms with Crippen molar-refractivity contribution in [3.05, 3.63) is 0 Å². The second kappa shape index (κ2) is 6.94. The lowest BCUT2D eigenvalue weighted by Gasteiger charge is -2.21. The fourth-order valence-corrected chi connectivity index (χ4v) is 3.23. The summed E-state index contributed by atoms with van der Waals surface area (Å²) < 4.78 is 22.3. The molecule has 1 unspecified atom stereocenters. The van der Waals surface area contributed by atoms with Gasteiger partial charge in [0.2, 0.25) is 5.96 Å². The number of nitrogens with one attached hydrogen (secondary N) is 2. The molecule has 7 heteroatoms. The number of rotatable bonds is 4. The van der Waals surface area contributed by atoms with Crippen LogP contribution in [0.15, 0.2) is 4.99 Å². The van der Waals surface area contributed by atoms with E-state index in [9.17, 15) is 8.42 Å². The molecule has 6 nitrogen and oxygen atoms in total. The predicted octanol–water partition coefficient (Wildman–Crippen LogP) is 0.161. The third-order valence-corrected chi connectivity index (χ3v) is 4.06. The average molecular weight is 276 g/mol.